The number of aromatic nitrogens is 3. The Kier molecular flexibility index (Phi) is 5.93. The van der Waals surface area contributed by atoms with E-state index in [9.17, 15) is 14.0 Å². The van der Waals surface area contributed by atoms with Gasteiger partial charge in [0.15, 0.2) is 5.65 Å². The molecule has 0 bridgehead atoms. The Morgan fingerprint density at radius 3 is 2.63 bits per heavy atom. The predicted molar refractivity (Wildman–Crippen MR) is 96.3 cm³/mol. The van der Waals surface area contributed by atoms with Crippen molar-refractivity contribution in [2.24, 2.45) is 0 Å². The van der Waals surface area contributed by atoms with Crippen molar-refractivity contribution in [2.75, 3.05) is 13.1 Å². The molecule has 2 aromatic heterocycles. The maximum atomic E-state index is 12.8. The molecule has 1 aromatic carbocycles. The van der Waals surface area contributed by atoms with Crippen LogP contribution in [0.15, 0.2) is 48.7 Å². The average molecular weight is 370 g/mol. The second kappa shape index (κ2) is 8.75. The number of nitrogens with one attached hydrogen (secondary N) is 3. The quantitative estimate of drug-likeness (QED) is 0.578. The minimum Gasteiger partial charge on any atom is -0.354 e. The molecule has 0 spiro atoms. The number of halogens is 1. The number of urea groups is 1. The highest BCUT2D eigenvalue weighted by atomic mass is 19.1. The summed E-state index contributed by atoms with van der Waals surface area (Å²) in [6.07, 6.45) is 2.38. The summed E-state index contributed by atoms with van der Waals surface area (Å²) in [6, 6.07) is 10.9. The van der Waals surface area contributed by atoms with E-state index in [0.717, 1.165) is 17.0 Å². The highest BCUT2D eigenvalue weighted by Crippen LogP contribution is 2.03. The van der Waals surface area contributed by atoms with E-state index in [1.165, 1.54) is 12.1 Å². The van der Waals surface area contributed by atoms with Gasteiger partial charge in [0.05, 0.1) is 6.54 Å². The van der Waals surface area contributed by atoms with Gasteiger partial charge < -0.3 is 16.0 Å². The first-order valence-electron chi connectivity index (χ1n) is 8.43. The van der Waals surface area contributed by atoms with E-state index in [1.807, 2.05) is 28.8 Å². The Bertz CT molecular complexity index is 925. The van der Waals surface area contributed by atoms with Gasteiger partial charge in [0, 0.05) is 25.7 Å². The molecule has 0 saturated carbocycles. The zero-order valence-electron chi connectivity index (χ0n) is 14.5. The number of rotatable bonds is 7. The number of carbonyl (C=O) groups is 2. The van der Waals surface area contributed by atoms with Crippen molar-refractivity contribution in [2.45, 2.75) is 13.0 Å². The number of carbonyl (C=O) groups excluding carboxylic acids is 2. The molecule has 3 N–H and O–H groups in total. The Morgan fingerprint density at radius 1 is 1.00 bits per heavy atom. The molecular weight excluding hydrogens is 351 g/mol. The lowest BCUT2D eigenvalue weighted by Gasteiger charge is -2.08. The summed E-state index contributed by atoms with van der Waals surface area (Å²) in [5, 5.41) is 15.9. The molecule has 3 rings (SSSR count). The molecule has 9 heteroatoms. The number of amides is 3. The van der Waals surface area contributed by atoms with Gasteiger partial charge in [0.1, 0.15) is 11.6 Å². The second-order valence-electron chi connectivity index (χ2n) is 5.81. The van der Waals surface area contributed by atoms with Crippen LogP contribution in [0, 0.1) is 5.82 Å². The standard InChI is InChI=1S/C18H19FN6O2/c19-14-6-4-13(5-7-14)11-21-18(27)22-12-17(26)20-9-8-16-24-23-15-3-1-2-10-25(15)16/h1-7,10H,8-9,11-12H2,(H,20,26)(H2,21,22,27). The van der Waals surface area contributed by atoms with E-state index in [1.54, 1.807) is 12.1 Å². The predicted octanol–water partition coefficient (Wildman–Crippen LogP) is 1.03. The Morgan fingerprint density at radius 2 is 1.81 bits per heavy atom. The van der Waals surface area contributed by atoms with Gasteiger partial charge in [-0.25, -0.2) is 9.18 Å². The van der Waals surface area contributed by atoms with Crippen molar-refractivity contribution in [3.05, 3.63) is 65.9 Å². The Labute approximate surface area is 154 Å². The van der Waals surface area contributed by atoms with E-state index < -0.39 is 6.03 Å². The van der Waals surface area contributed by atoms with Crippen molar-refractivity contribution in [1.82, 2.24) is 30.5 Å². The molecule has 0 unspecified atom stereocenters. The molecule has 140 valence electrons. The van der Waals surface area contributed by atoms with Gasteiger partial charge >= 0.3 is 6.03 Å². The molecular formula is C18H19FN6O2. The Hall–Kier alpha value is -3.49. The van der Waals surface area contributed by atoms with E-state index >= 15 is 0 Å². The van der Waals surface area contributed by atoms with Crippen LogP contribution in [0.3, 0.4) is 0 Å². The van der Waals surface area contributed by atoms with Gasteiger partial charge in [0.25, 0.3) is 0 Å². The first-order chi connectivity index (χ1) is 13.1. The number of fused-ring (bicyclic) bond motifs is 1. The van der Waals surface area contributed by atoms with Crippen molar-refractivity contribution in [3.8, 4) is 0 Å². The molecule has 0 fully saturated rings. The summed E-state index contributed by atoms with van der Waals surface area (Å²) in [5.74, 6) is 0.107. The zero-order chi connectivity index (χ0) is 19.1. The summed E-state index contributed by atoms with van der Waals surface area (Å²) in [4.78, 5) is 23.5. The number of benzene rings is 1. The molecule has 0 saturated heterocycles. The van der Waals surface area contributed by atoms with Gasteiger partial charge in [0.2, 0.25) is 5.91 Å². The Balaban J connectivity index is 1.34. The third-order valence-corrected chi connectivity index (χ3v) is 3.83. The fourth-order valence-electron chi connectivity index (χ4n) is 2.45. The molecule has 3 aromatic rings. The lowest BCUT2D eigenvalue weighted by atomic mass is 10.2. The van der Waals surface area contributed by atoms with Crippen LogP contribution >= 0.6 is 0 Å². The summed E-state index contributed by atoms with van der Waals surface area (Å²) < 4.78 is 14.7. The molecule has 2 heterocycles. The maximum Gasteiger partial charge on any atom is 0.315 e. The van der Waals surface area contributed by atoms with E-state index in [4.69, 9.17) is 0 Å². The lowest BCUT2D eigenvalue weighted by Crippen LogP contribution is -2.42. The van der Waals surface area contributed by atoms with Crippen LogP contribution in [0.5, 0.6) is 0 Å². The molecule has 3 amide bonds. The second-order valence-corrected chi connectivity index (χ2v) is 5.81. The van der Waals surface area contributed by atoms with Crippen molar-refractivity contribution < 1.29 is 14.0 Å². The maximum absolute atomic E-state index is 12.8. The molecule has 0 radical (unpaired) electrons. The normalized spacial score (nSPS) is 10.6. The minimum absolute atomic E-state index is 0.143. The van der Waals surface area contributed by atoms with Crippen LogP contribution in [0.25, 0.3) is 5.65 Å². The van der Waals surface area contributed by atoms with Crippen LogP contribution in [0.1, 0.15) is 11.4 Å². The van der Waals surface area contributed by atoms with E-state index in [0.29, 0.717) is 13.0 Å². The third-order valence-electron chi connectivity index (χ3n) is 3.83. The smallest absolute Gasteiger partial charge is 0.315 e. The fraction of sp³-hybridized carbons (Fsp3) is 0.222. The molecule has 0 aliphatic carbocycles. The first-order valence-corrected chi connectivity index (χ1v) is 8.43. The largest absolute Gasteiger partial charge is 0.354 e. The topological polar surface area (TPSA) is 100 Å². The van der Waals surface area contributed by atoms with E-state index in [-0.39, 0.29) is 24.8 Å². The molecule has 27 heavy (non-hydrogen) atoms. The van der Waals surface area contributed by atoms with Crippen molar-refractivity contribution in [3.63, 3.8) is 0 Å². The minimum atomic E-state index is -0.474. The monoisotopic (exact) mass is 370 g/mol. The first kappa shape index (κ1) is 18.3. The summed E-state index contributed by atoms with van der Waals surface area (Å²) in [5.41, 5.74) is 1.51. The zero-order valence-corrected chi connectivity index (χ0v) is 14.5. The van der Waals surface area contributed by atoms with Gasteiger partial charge in [-0.05, 0) is 29.8 Å². The lowest BCUT2D eigenvalue weighted by molar-refractivity contribution is -0.120. The van der Waals surface area contributed by atoms with Crippen LogP contribution in [0.2, 0.25) is 0 Å². The summed E-state index contributed by atoms with van der Waals surface area (Å²) in [7, 11) is 0. The van der Waals surface area contributed by atoms with Crippen LogP contribution < -0.4 is 16.0 Å². The molecule has 0 aliphatic heterocycles. The van der Waals surface area contributed by atoms with Gasteiger partial charge in [-0.15, -0.1) is 10.2 Å². The fourth-order valence-corrected chi connectivity index (χ4v) is 2.45. The van der Waals surface area contributed by atoms with Crippen molar-refractivity contribution >= 4 is 17.6 Å². The van der Waals surface area contributed by atoms with Gasteiger partial charge in [-0.3, -0.25) is 9.20 Å². The molecule has 0 aliphatic rings. The third kappa shape index (κ3) is 5.24. The summed E-state index contributed by atoms with van der Waals surface area (Å²) >= 11 is 0. The SMILES string of the molecule is O=C(CNC(=O)NCc1ccc(F)cc1)NCCc1nnc2ccccn12. The van der Waals surface area contributed by atoms with Gasteiger partial charge in [-0.1, -0.05) is 18.2 Å². The number of hydrogen-bond acceptors (Lipinski definition) is 4. The number of nitrogens with zero attached hydrogens (tertiary/aromatic N) is 3. The summed E-state index contributed by atoms with van der Waals surface area (Å²) in [6.45, 7) is 0.483. The number of hydrogen-bond donors (Lipinski definition) is 3. The van der Waals surface area contributed by atoms with Crippen LogP contribution in [-0.2, 0) is 17.8 Å². The van der Waals surface area contributed by atoms with E-state index in [2.05, 4.69) is 26.1 Å². The van der Waals surface area contributed by atoms with Gasteiger partial charge in [-0.2, -0.15) is 0 Å². The average Bonchev–Trinajstić information content (AvgIpc) is 3.09. The highest BCUT2D eigenvalue weighted by Gasteiger charge is 2.07. The highest BCUT2D eigenvalue weighted by molar-refractivity contribution is 5.83. The number of pyridine rings is 1. The van der Waals surface area contributed by atoms with Crippen LogP contribution in [-0.4, -0.2) is 39.6 Å². The molecule has 0 atom stereocenters. The molecule has 8 nitrogen and oxygen atoms in total. The van der Waals surface area contributed by atoms with Crippen molar-refractivity contribution in [1.29, 1.82) is 0 Å². The van der Waals surface area contributed by atoms with Crippen LogP contribution in [0.4, 0.5) is 9.18 Å².